The van der Waals surface area contributed by atoms with Crippen LogP contribution in [0.4, 0.5) is 0 Å². The Balaban J connectivity index is 0.00000450. The van der Waals surface area contributed by atoms with E-state index in [0.717, 1.165) is 0 Å². The van der Waals surface area contributed by atoms with Gasteiger partial charge >= 0.3 is 29.6 Å². The van der Waals surface area contributed by atoms with Crippen molar-refractivity contribution in [1.82, 2.24) is 0 Å². The van der Waals surface area contributed by atoms with Crippen molar-refractivity contribution in [2.45, 2.75) is 68.3 Å². The molecule has 2 fully saturated rings. The summed E-state index contributed by atoms with van der Waals surface area (Å²) in [6.45, 7) is 4.22. The predicted molar refractivity (Wildman–Crippen MR) is 91.7 cm³/mol. The minimum Gasteiger partial charge on any atom is -0.726 e. The van der Waals surface area contributed by atoms with Gasteiger partial charge in [-0.1, -0.05) is 6.08 Å². The van der Waals surface area contributed by atoms with E-state index >= 15 is 0 Å². The van der Waals surface area contributed by atoms with Crippen molar-refractivity contribution in [2.24, 2.45) is 5.73 Å². The zero-order valence-electron chi connectivity index (χ0n) is 16.5. The third kappa shape index (κ3) is 6.87. The summed E-state index contributed by atoms with van der Waals surface area (Å²) in [6, 6.07) is -1.53. The van der Waals surface area contributed by atoms with Crippen molar-refractivity contribution < 1.29 is 86.1 Å². The maximum atomic E-state index is 11.0. The van der Waals surface area contributed by atoms with E-state index < -0.39 is 78.4 Å². The molecule has 0 unspecified atom stereocenters. The summed E-state index contributed by atoms with van der Waals surface area (Å²) in [6.07, 6.45) is -11.4. The summed E-state index contributed by atoms with van der Waals surface area (Å²) in [4.78, 5) is 0. The van der Waals surface area contributed by atoms with Crippen molar-refractivity contribution in [3.8, 4) is 0 Å². The molecule has 0 saturated carbocycles. The molecule has 0 aromatic heterocycles. The molecule has 2 saturated heterocycles. The molecular weight excluding hydrogens is 441 g/mol. The molecule has 13 nitrogen and oxygen atoms in total. The summed E-state index contributed by atoms with van der Waals surface area (Å²) in [5, 5.41) is 40.2. The number of ether oxygens (including phenoxy) is 4. The molecule has 0 bridgehead atoms. The molecule has 2 aliphatic rings. The van der Waals surface area contributed by atoms with Crippen LogP contribution in [0.5, 0.6) is 0 Å². The molecule has 2 heterocycles. The fourth-order valence-corrected chi connectivity index (χ4v) is 3.60. The fourth-order valence-electron chi connectivity index (χ4n) is 3.08. The average Bonchev–Trinajstić information content (AvgIpc) is 2.65. The van der Waals surface area contributed by atoms with Gasteiger partial charge in [-0.25, -0.2) is 8.42 Å². The SMILES string of the molecule is C=CCO[C@H]1O[C@@H](C)[C@@H](O)[C@@H](O[C@@H]2O[C@H](CO)[C@@H](O)[C@H](OS(=O)(=O)[O-])[C@H]2N)[C@@H]1O.[Na+]. The summed E-state index contributed by atoms with van der Waals surface area (Å²) in [7, 11) is -5.26. The number of hydrogen-bond donors (Lipinski definition) is 5. The van der Waals surface area contributed by atoms with Crippen LogP contribution in [0.3, 0.4) is 0 Å². The van der Waals surface area contributed by atoms with Crippen LogP contribution in [0.15, 0.2) is 12.7 Å². The maximum Gasteiger partial charge on any atom is 1.00 e. The molecule has 6 N–H and O–H groups in total. The number of hydrogen-bond acceptors (Lipinski definition) is 13. The molecule has 0 amide bonds. The van der Waals surface area contributed by atoms with Gasteiger partial charge in [-0.2, -0.15) is 0 Å². The van der Waals surface area contributed by atoms with Gasteiger partial charge in [0.25, 0.3) is 0 Å². The van der Waals surface area contributed by atoms with Gasteiger partial charge in [-0.3, -0.25) is 4.18 Å². The first-order valence-corrected chi connectivity index (χ1v) is 10.1. The average molecular weight is 467 g/mol. The Hall–Kier alpha value is 0.250. The number of aliphatic hydroxyl groups excluding tert-OH is 4. The Morgan fingerprint density at radius 3 is 2.30 bits per heavy atom. The summed E-state index contributed by atoms with van der Waals surface area (Å²) in [5.74, 6) is 0. The van der Waals surface area contributed by atoms with E-state index in [1.54, 1.807) is 0 Å². The number of rotatable bonds is 8. The van der Waals surface area contributed by atoms with Crippen LogP contribution in [0.1, 0.15) is 6.92 Å². The molecule has 0 spiro atoms. The van der Waals surface area contributed by atoms with Gasteiger partial charge in [0.1, 0.15) is 36.6 Å². The topological polar surface area (TPSA) is 210 Å². The molecule has 0 radical (unpaired) electrons. The Bertz CT molecular complexity index is 654. The second kappa shape index (κ2) is 11.9. The first-order chi connectivity index (χ1) is 13.5. The molecule has 10 atom stereocenters. The van der Waals surface area contributed by atoms with E-state index in [0.29, 0.717) is 0 Å². The Morgan fingerprint density at radius 1 is 1.13 bits per heavy atom. The van der Waals surface area contributed by atoms with E-state index in [1.807, 2.05) is 0 Å². The van der Waals surface area contributed by atoms with Gasteiger partial charge in [0.05, 0.1) is 25.4 Å². The summed E-state index contributed by atoms with van der Waals surface area (Å²) >= 11 is 0. The minimum atomic E-state index is -5.26. The second-order valence-corrected chi connectivity index (χ2v) is 7.68. The Kier molecular flexibility index (Phi) is 11.2. The van der Waals surface area contributed by atoms with E-state index in [9.17, 15) is 33.4 Å². The smallest absolute Gasteiger partial charge is 0.726 e. The van der Waals surface area contributed by atoms with Crippen LogP contribution >= 0.6 is 0 Å². The standard InChI is InChI=1S/C15H27NO12S.Na/c1-3-4-24-15-11(20)13(9(18)6(2)25-15)27-14-8(16)12(28-29(21,22)23)10(19)7(5-17)26-14;/h3,6-15,17-20H,1,4-5,16H2,2H3,(H,21,22,23);/q;+1/p-1/t6-,7+,8+,9+,10+,11-,12+,13+,14-,15-;/m0./s1. The van der Waals surface area contributed by atoms with Gasteiger partial charge < -0.3 is 49.7 Å². The molecule has 170 valence electrons. The quantitative estimate of drug-likeness (QED) is 0.0974. The van der Waals surface area contributed by atoms with Crippen molar-refractivity contribution >= 4 is 10.4 Å². The van der Waals surface area contributed by atoms with Crippen LogP contribution in [0.25, 0.3) is 0 Å². The van der Waals surface area contributed by atoms with E-state index in [4.69, 9.17) is 24.7 Å². The molecule has 15 heteroatoms. The van der Waals surface area contributed by atoms with E-state index in [-0.39, 0.29) is 36.2 Å². The van der Waals surface area contributed by atoms with Crippen LogP contribution in [0.2, 0.25) is 0 Å². The maximum absolute atomic E-state index is 11.0. The molecule has 0 aromatic rings. The molecule has 0 aromatic carbocycles. The largest absolute Gasteiger partial charge is 1.00 e. The van der Waals surface area contributed by atoms with Crippen LogP contribution in [-0.2, 0) is 33.5 Å². The number of nitrogens with two attached hydrogens (primary N) is 1. The van der Waals surface area contributed by atoms with Crippen LogP contribution < -0.4 is 35.3 Å². The molecule has 2 rings (SSSR count). The third-order valence-corrected chi connectivity index (χ3v) is 5.04. The van der Waals surface area contributed by atoms with E-state index in [2.05, 4.69) is 10.8 Å². The Labute approximate surface area is 195 Å². The third-order valence-electron chi connectivity index (χ3n) is 4.58. The van der Waals surface area contributed by atoms with Crippen LogP contribution in [0, 0.1) is 0 Å². The van der Waals surface area contributed by atoms with Crippen molar-refractivity contribution in [3.05, 3.63) is 12.7 Å². The Morgan fingerprint density at radius 2 is 1.77 bits per heavy atom. The zero-order chi connectivity index (χ0) is 21.9. The van der Waals surface area contributed by atoms with Crippen molar-refractivity contribution in [1.29, 1.82) is 0 Å². The van der Waals surface area contributed by atoms with Gasteiger partial charge in [0.2, 0.25) is 10.4 Å². The van der Waals surface area contributed by atoms with E-state index in [1.165, 1.54) is 13.0 Å². The summed E-state index contributed by atoms with van der Waals surface area (Å²) < 4.78 is 58.7. The normalized spacial score (nSPS) is 42.4. The fraction of sp³-hybridized carbons (Fsp3) is 0.867. The van der Waals surface area contributed by atoms with Gasteiger partial charge in [-0.05, 0) is 6.92 Å². The molecular formula is C15H26NNaO12S. The second-order valence-electron chi connectivity index (χ2n) is 6.68. The van der Waals surface area contributed by atoms with Gasteiger partial charge in [0.15, 0.2) is 12.6 Å². The van der Waals surface area contributed by atoms with Gasteiger partial charge in [-0.15, -0.1) is 6.58 Å². The summed E-state index contributed by atoms with van der Waals surface area (Å²) in [5.41, 5.74) is 5.84. The molecule has 0 aliphatic carbocycles. The van der Waals surface area contributed by atoms with Crippen molar-refractivity contribution in [3.63, 3.8) is 0 Å². The minimum absolute atomic E-state index is 0. The number of aliphatic hydroxyl groups is 4. The van der Waals surface area contributed by atoms with Gasteiger partial charge in [0, 0.05) is 0 Å². The molecule has 30 heavy (non-hydrogen) atoms. The molecule has 2 aliphatic heterocycles. The predicted octanol–water partition coefficient (Wildman–Crippen LogP) is -6.70. The first-order valence-electron chi connectivity index (χ1n) is 8.73. The zero-order valence-corrected chi connectivity index (χ0v) is 19.3. The van der Waals surface area contributed by atoms with Crippen LogP contribution in [-0.4, -0.2) is 108 Å². The van der Waals surface area contributed by atoms with Crippen molar-refractivity contribution in [2.75, 3.05) is 13.2 Å². The monoisotopic (exact) mass is 467 g/mol. The first kappa shape index (κ1) is 28.3.